The van der Waals surface area contributed by atoms with Crippen LogP contribution in [0, 0.1) is 0 Å². The third-order valence-corrected chi connectivity index (χ3v) is 5.55. The number of nitrogens with zero attached hydrogens (tertiary/aromatic N) is 1. The largest absolute Gasteiger partial charge is 0.493 e. The third kappa shape index (κ3) is 4.35. The second-order valence-corrected chi connectivity index (χ2v) is 7.78. The number of carbonyl (C=O) groups excluding carboxylic acids is 1. The fraction of sp³-hybridized carbons (Fsp3) is 0.158. The molecule has 0 radical (unpaired) electrons. The summed E-state index contributed by atoms with van der Waals surface area (Å²) in [5.41, 5.74) is 2.07. The molecule has 2 aromatic carbocycles. The Bertz CT molecular complexity index is 984. The summed E-state index contributed by atoms with van der Waals surface area (Å²) in [4.78, 5) is 17.5. The Hall–Kier alpha value is -2.71. The predicted molar refractivity (Wildman–Crippen MR) is 107 cm³/mol. The second kappa shape index (κ2) is 8.32. The van der Waals surface area contributed by atoms with Gasteiger partial charge in [-0.05, 0) is 42.5 Å². The van der Waals surface area contributed by atoms with E-state index in [1.165, 1.54) is 11.3 Å². The first-order valence-corrected chi connectivity index (χ1v) is 10.4. The minimum Gasteiger partial charge on any atom is -0.493 e. The summed E-state index contributed by atoms with van der Waals surface area (Å²) in [6.45, 7) is 0. The van der Waals surface area contributed by atoms with Crippen LogP contribution >= 0.6 is 11.3 Å². The van der Waals surface area contributed by atoms with Crippen molar-refractivity contribution < 1.29 is 18.5 Å². The minimum atomic E-state index is -1.07. The fourth-order valence-electron chi connectivity index (χ4n) is 2.43. The topological polar surface area (TPSA) is 77.5 Å². The van der Waals surface area contributed by atoms with Gasteiger partial charge in [-0.1, -0.05) is 0 Å². The number of carbonyl (C=O) groups is 1. The van der Waals surface area contributed by atoms with Gasteiger partial charge in [0, 0.05) is 38.5 Å². The van der Waals surface area contributed by atoms with Crippen molar-refractivity contribution >= 4 is 33.2 Å². The Morgan fingerprint density at radius 2 is 1.78 bits per heavy atom. The molecule has 140 valence electrons. The first kappa shape index (κ1) is 19.1. The summed E-state index contributed by atoms with van der Waals surface area (Å²) < 4.78 is 22.0. The van der Waals surface area contributed by atoms with Crippen LogP contribution in [0.1, 0.15) is 10.4 Å². The van der Waals surface area contributed by atoms with Crippen molar-refractivity contribution in [1.29, 1.82) is 0 Å². The van der Waals surface area contributed by atoms with Crippen LogP contribution in [0.3, 0.4) is 0 Å². The number of ether oxygens (including phenoxy) is 2. The maximum Gasteiger partial charge on any atom is 0.257 e. The van der Waals surface area contributed by atoms with Crippen molar-refractivity contribution in [3.63, 3.8) is 0 Å². The number of anilines is 1. The highest BCUT2D eigenvalue weighted by Crippen LogP contribution is 2.33. The maximum absolute atomic E-state index is 12.4. The molecule has 1 unspecified atom stereocenters. The van der Waals surface area contributed by atoms with Gasteiger partial charge in [0.1, 0.15) is 0 Å². The highest BCUT2D eigenvalue weighted by Gasteiger charge is 2.12. The lowest BCUT2D eigenvalue weighted by molar-refractivity contribution is 0.102. The van der Waals surface area contributed by atoms with E-state index in [0.29, 0.717) is 27.1 Å². The molecule has 6 nitrogen and oxygen atoms in total. The van der Waals surface area contributed by atoms with Gasteiger partial charge >= 0.3 is 0 Å². The molecule has 0 saturated carbocycles. The van der Waals surface area contributed by atoms with E-state index >= 15 is 0 Å². The Balaban J connectivity index is 1.76. The Morgan fingerprint density at radius 1 is 1.07 bits per heavy atom. The summed E-state index contributed by atoms with van der Waals surface area (Å²) in [5, 5.41) is 5.14. The summed E-state index contributed by atoms with van der Waals surface area (Å²) >= 11 is 1.34. The van der Waals surface area contributed by atoms with E-state index in [9.17, 15) is 9.00 Å². The summed E-state index contributed by atoms with van der Waals surface area (Å²) in [6.07, 6.45) is 1.60. The molecule has 0 aliphatic heterocycles. The van der Waals surface area contributed by atoms with Gasteiger partial charge in [0.25, 0.3) is 5.91 Å². The number of nitrogens with one attached hydrogen (secondary N) is 1. The number of rotatable bonds is 6. The molecule has 0 spiro atoms. The first-order chi connectivity index (χ1) is 13.0. The van der Waals surface area contributed by atoms with Crippen molar-refractivity contribution in [2.45, 2.75) is 4.90 Å². The van der Waals surface area contributed by atoms with Gasteiger partial charge in [0.05, 0.1) is 19.9 Å². The quantitative estimate of drug-likeness (QED) is 0.678. The zero-order valence-electron chi connectivity index (χ0n) is 15.0. The predicted octanol–water partition coefficient (Wildman–Crippen LogP) is 3.82. The average molecular weight is 402 g/mol. The van der Waals surface area contributed by atoms with Crippen LogP contribution in [-0.2, 0) is 10.8 Å². The molecule has 1 heterocycles. The lowest BCUT2D eigenvalue weighted by Crippen LogP contribution is -2.11. The van der Waals surface area contributed by atoms with E-state index in [0.717, 1.165) is 11.3 Å². The maximum atomic E-state index is 12.4. The van der Waals surface area contributed by atoms with Crippen molar-refractivity contribution in [3.8, 4) is 22.8 Å². The van der Waals surface area contributed by atoms with E-state index in [1.54, 1.807) is 44.7 Å². The van der Waals surface area contributed by atoms with E-state index in [-0.39, 0.29) is 5.91 Å². The number of methoxy groups -OCH3 is 2. The number of amides is 1. The van der Waals surface area contributed by atoms with Gasteiger partial charge in [-0.3, -0.25) is 14.3 Å². The van der Waals surface area contributed by atoms with Crippen LogP contribution < -0.4 is 14.8 Å². The molecular formula is C19H18N2O4S2. The number of thiazole rings is 1. The highest BCUT2D eigenvalue weighted by atomic mass is 32.2. The molecule has 0 saturated heterocycles. The monoisotopic (exact) mass is 402 g/mol. The molecular weight excluding hydrogens is 384 g/mol. The Morgan fingerprint density at radius 3 is 2.41 bits per heavy atom. The van der Waals surface area contributed by atoms with Crippen LogP contribution in [0.15, 0.2) is 52.7 Å². The molecule has 1 amide bonds. The van der Waals surface area contributed by atoms with Crippen molar-refractivity contribution in [3.05, 3.63) is 53.4 Å². The SMILES string of the molecule is COc1ccc(-c2csc(NC(=O)c3ccc(S(C)=O)cc3)n2)cc1OC. The summed E-state index contributed by atoms with van der Waals surface area (Å²) in [6, 6.07) is 12.2. The molecule has 8 heteroatoms. The van der Waals surface area contributed by atoms with Crippen LogP contribution in [0.2, 0.25) is 0 Å². The Labute approximate surface area is 163 Å². The van der Waals surface area contributed by atoms with Gasteiger partial charge in [-0.15, -0.1) is 11.3 Å². The van der Waals surface area contributed by atoms with Crippen LogP contribution in [0.25, 0.3) is 11.3 Å². The van der Waals surface area contributed by atoms with Gasteiger partial charge < -0.3 is 9.47 Å². The zero-order chi connectivity index (χ0) is 19.4. The van der Waals surface area contributed by atoms with Gasteiger partial charge in [-0.25, -0.2) is 4.98 Å². The van der Waals surface area contributed by atoms with E-state index < -0.39 is 10.8 Å². The lowest BCUT2D eigenvalue weighted by Gasteiger charge is -2.08. The highest BCUT2D eigenvalue weighted by molar-refractivity contribution is 7.84. The van der Waals surface area contributed by atoms with E-state index in [2.05, 4.69) is 10.3 Å². The molecule has 3 rings (SSSR count). The molecule has 0 aliphatic carbocycles. The number of hydrogen-bond donors (Lipinski definition) is 1. The van der Waals surface area contributed by atoms with E-state index in [1.807, 2.05) is 23.6 Å². The molecule has 0 bridgehead atoms. The molecule has 0 fully saturated rings. The van der Waals surface area contributed by atoms with Crippen molar-refractivity contribution in [1.82, 2.24) is 4.98 Å². The molecule has 1 aromatic heterocycles. The Kier molecular flexibility index (Phi) is 5.88. The van der Waals surface area contributed by atoms with Crippen LogP contribution in [-0.4, -0.2) is 35.6 Å². The minimum absolute atomic E-state index is 0.267. The van der Waals surface area contributed by atoms with E-state index in [4.69, 9.17) is 9.47 Å². The van der Waals surface area contributed by atoms with Gasteiger partial charge in [0.2, 0.25) is 0 Å². The first-order valence-electron chi connectivity index (χ1n) is 7.94. The van der Waals surface area contributed by atoms with Crippen LogP contribution in [0.4, 0.5) is 5.13 Å². The molecule has 1 atom stereocenters. The normalized spacial score (nSPS) is 11.7. The average Bonchev–Trinajstić information content (AvgIpc) is 3.15. The fourth-order valence-corrected chi connectivity index (χ4v) is 3.66. The summed E-state index contributed by atoms with van der Waals surface area (Å²) in [5.74, 6) is 0.986. The molecule has 27 heavy (non-hydrogen) atoms. The van der Waals surface area contributed by atoms with Crippen molar-refractivity contribution in [2.24, 2.45) is 0 Å². The smallest absolute Gasteiger partial charge is 0.257 e. The molecule has 1 N–H and O–H groups in total. The number of hydrogen-bond acceptors (Lipinski definition) is 6. The zero-order valence-corrected chi connectivity index (χ0v) is 16.6. The van der Waals surface area contributed by atoms with Crippen molar-refractivity contribution in [2.75, 3.05) is 25.8 Å². The second-order valence-electron chi connectivity index (χ2n) is 5.54. The summed E-state index contributed by atoms with van der Waals surface area (Å²) in [7, 11) is 2.09. The molecule has 3 aromatic rings. The van der Waals surface area contributed by atoms with Gasteiger partial charge in [-0.2, -0.15) is 0 Å². The number of benzene rings is 2. The van der Waals surface area contributed by atoms with Crippen LogP contribution in [0.5, 0.6) is 11.5 Å². The lowest BCUT2D eigenvalue weighted by atomic mass is 10.1. The standard InChI is InChI=1S/C19H18N2O4S2/c1-24-16-9-6-13(10-17(16)25-2)15-11-26-19(20-15)21-18(22)12-4-7-14(8-5-12)27(3)23/h4-11H,1-3H3,(H,20,21,22). The van der Waals surface area contributed by atoms with Gasteiger partial charge in [0.15, 0.2) is 16.6 Å². The number of aromatic nitrogens is 1. The molecule has 0 aliphatic rings. The third-order valence-electron chi connectivity index (χ3n) is 3.85.